The summed E-state index contributed by atoms with van der Waals surface area (Å²) in [6.07, 6.45) is 8.96. The van der Waals surface area contributed by atoms with Gasteiger partial charge in [0.15, 0.2) is 0 Å². The van der Waals surface area contributed by atoms with Crippen LogP contribution >= 0.6 is 0 Å². The zero-order valence-electron chi connectivity index (χ0n) is 8.41. The fourth-order valence-corrected chi connectivity index (χ4v) is 2.17. The molecule has 1 saturated carbocycles. The Morgan fingerprint density at radius 1 is 1.29 bits per heavy atom. The van der Waals surface area contributed by atoms with Gasteiger partial charge in [-0.1, -0.05) is 32.1 Å². The molecule has 4 nitrogen and oxygen atoms in total. The first-order valence-corrected chi connectivity index (χ1v) is 5.42. The van der Waals surface area contributed by atoms with E-state index in [1.54, 1.807) is 0 Å². The van der Waals surface area contributed by atoms with E-state index in [9.17, 15) is 0 Å². The largest absolute Gasteiger partial charge is 0.365 e. The van der Waals surface area contributed by atoms with Gasteiger partial charge in [-0.25, -0.2) is 0 Å². The Morgan fingerprint density at radius 2 is 2.07 bits per heavy atom. The highest BCUT2D eigenvalue weighted by Gasteiger charge is 2.14. The van der Waals surface area contributed by atoms with Crippen LogP contribution in [0.2, 0.25) is 0 Å². The highest BCUT2D eigenvalue weighted by Crippen LogP contribution is 2.27. The number of aryl methyl sites for hydroxylation is 1. The summed E-state index contributed by atoms with van der Waals surface area (Å²) in [5.41, 5.74) is 5.37. The van der Waals surface area contributed by atoms with Crippen molar-refractivity contribution in [3.8, 4) is 0 Å². The number of nitrogens with two attached hydrogens (primary N) is 1. The molecule has 2 N–H and O–H groups in total. The highest BCUT2D eigenvalue weighted by atomic mass is 16.5. The van der Waals surface area contributed by atoms with Crippen LogP contribution in [0.5, 0.6) is 0 Å². The van der Waals surface area contributed by atoms with Crippen LogP contribution in [0, 0.1) is 5.92 Å². The number of rotatable bonds is 3. The molecule has 1 aromatic heterocycles. The molecular formula is C10H17N3O. The van der Waals surface area contributed by atoms with Crippen molar-refractivity contribution in [3.63, 3.8) is 0 Å². The zero-order valence-corrected chi connectivity index (χ0v) is 8.41. The molecule has 1 heterocycles. The van der Waals surface area contributed by atoms with Crippen LogP contribution in [-0.2, 0) is 6.42 Å². The highest BCUT2D eigenvalue weighted by molar-refractivity contribution is 5.10. The van der Waals surface area contributed by atoms with Crippen molar-refractivity contribution in [1.82, 2.24) is 10.1 Å². The maximum absolute atomic E-state index is 5.37. The van der Waals surface area contributed by atoms with E-state index in [0.29, 0.717) is 5.89 Å². The minimum atomic E-state index is 0.253. The van der Waals surface area contributed by atoms with Gasteiger partial charge >= 0.3 is 0 Å². The van der Waals surface area contributed by atoms with Crippen molar-refractivity contribution in [1.29, 1.82) is 0 Å². The van der Waals surface area contributed by atoms with Crippen LogP contribution in [-0.4, -0.2) is 10.1 Å². The Balaban J connectivity index is 1.76. The third kappa shape index (κ3) is 2.47. The van der Waals surface area contributed by atoms with Crippen LogP contribution in [0.4, 0.5) is 5.95 Å². The van der Waals surface area contributed by atoms with E-state index in [1.807, 2.05) is 0 Å². The average Bonchev–Trinajstić information content (AvgIpc) is 2.63. The molecule has 4 heteroatoms. The molecule has 0 saturated heterocycles. The second-order valence-corrected chi connectivity index (χ2v) is 4.09. The van der Waals surface area contributed by atoms with Crippen molar-refractivity contribution in [3.05, 3.63) is 5.89 Å². The third-order valence-electron chi connectivity index (χ3n) is 2.97. The van der Waals surface area contributed by atoms with Gasteiger partial charge in [-0.05, 0) is 17.5 Å². The molecule has 1 aromatic rings. The standard InChI is InChI=1S/C10H17N3O/c11-10-12-9(14-13-10)7-6-8-4-2-1-3-5-8/h8H,1-7H2,(H2,11,13). The fourth-order valence-electron chi connectivity index (χ4n) is 2.17. The molecule has 14 heavy (non-hydrogen) atoms. The summed E-state index contributed by atoms with van der Waals surface area (Å²) < 4.78 is 4.97. The second kappa shape index (κ2) is 4.44. The topological polar surface area (TPSA) is 64.9 Å². The molecule has 0 aliphatic heterocycles. The Morgan fingerprint density at radius 3 is 2.71 bits per heavy atom. The smallest absolute Gasteiger partial charge is 0.260 e. The molecular weight excluding hydrogens is 178 g/mol. The Labute approximate surface area is 83.9 Å². The van der Waals surface area contributed by atoms with E-state index in [-0.39, 0.29) is 5.95 Å². The number of anilines is 1. The van der Waals surface area contributed by atoms with Gasteiger partial charge in [0.05, 0.1) is 0 Å². The van der Waals surface area contributed by atoms with Gasteiger partial charge in [0.1, 0.15) is 0 Å². The Kier molecular flexibility index (Phi) is 3.01. The summed E-state index contributed by atoms with van der Waals surface area (Å²) in [4.78, 5) is 4.00. The third-order valence-corrected chi connectivity index (χ3v) is 2.97. The van der Waals surface area contributed by atoms with E-state index in [0.717, 1.165) is 12.3 Å². The van der Waals surface area contributed by atoms with E-state index in [4.69, 9.17) is 10.3 Å². The summed E-state index contributed by atoms with van der Waals surface area (Å²) in [7, 11) is 0. The van der Waals surface area contributed by atoms with Gasteiger partial charge in [0.2, 0.25) is 5.89 Å². The molecule has 1 fully saturated rings. The zero-order chi connectivity index (χ0) is 9.80. The lowest BCUT2D eigenvalue weighted by atomic mass is 9.86. The quantitative estimate of drug-likeness (QED) is 0.802. The molecule has 1 aliphatic rings. The Bertz CT molecular complexity index is 279. The number of nitrogens with zero attached hydrogens (tertiary/aromatic N) is 2. The van der Waals surface area contributed by atoms with Crippen LogP contribution in [0.1, 0.15) is 44.4 Å². The summed E-state index contributed by atoms with van der Waals surface area (Å²) in [5.74, 6) is 1.80. The van der Waals surface area contributed by atoms with E-state index in [1.165, 1.54) is 38.5 Å². The molecule has 0 amide bonds. The van der Waals surface area contributed by atoms with E-state index >= 15 is 0 Å². The first-order chi connectivity index (χ1) is 6.84. The van der Waals surface area contributed by atoms with Crippen LogP contribution in [0.15, 0.2) is 4.52 Å². The first-order valence-electron chi connectivity index (χ1n) is 5.42. The van der Waals surface area contributed by atoms with Gasteiger partial charge in [-0.3, -0.25) is 0 Å². The van der Waals surface area contributed by atoms with Gasteiger partial charge in [-0.2, -0.15) is 4.98 Å². The number of nitrogen functional groups attached to an aromatic ring is 1. The molecule has 0 radical (unpaired) electrons. The van der Waals surface area contributed by atoms with Gasteiger partial charge < -0.3 is 10.3 Å². The lowest BCUT2D eigenvalue weighted by Crippen LogP contribution is -2.07. The summed E-state index contributed by atoms with van der Waals surface area (Å²) in [5, 5.41) is 3.57. The lowest BCUT2D eigenvalue weighted by molar-refractivity contribution is 0.315. The van der Waals surface area contributed by atoms with Crippen molar-refractivity contribution in [2.45, 2.75) is 44.9 Å². The lowest BCUT2D eigenvalue weighted by Gasteiger charge is -2.20. The molecule has 0 bridgehead atoms. The molecule has 0 aromatic carbocycles. The molecule has 1 aliphatic carbocycles. The minimum Gasteiger partial charge on any atom is -0.365 e. The van der Waals surface area contributed by atoms with Gasteiger partial charge in [0.25, 0.3) is 5.95 Å². The van der Waals surface area contributed by atoms with Crippen molar-refractivity contribution in [2.75, 3.05) is 5.73 Å². The maximum atomic E-state index is 5.37. The van der Waals surface area contributed by atoms with Crippen molar-refractivity contribution >= 4 is 5.95 Å². The number of hydrogen-bond acceptors (Lipinski definition) is 4. The summed E-state index contributed by atoms with van der Waals surface area (Å²) >= 11 is 0. The summed E-state index contributed by atoms with van der Waals surface area (Å²) in [6, 6.07) is 0. The SMILES string of the molecule is Nc1noc(CCC2CCCCC2)n1. The average molecular weight is 195 g/mol. The molecule has 78 valence electrons. The monoisotopic (exact) mass is 195 g/mol. The predicted molar refractivity (Wildman–Crippen MR) is 53.6 cm³/mol. The first kappa shape index (κ1) is 9.49. The Hall–Kier alpha value is -1.06. The van der Waals surface area contributed by atoms with Crippen LogP contribution < -0.4 is 5.73 Å². The second-order valence-electron chi connectivity index (χ2n) is 4.09. The van der Waals surface area contributed by atoms with E-state index in [2.05, 4.69) is 10.1 Å². The molecule has 0 spiro atoms. The van der Waals surface area contributed by atoms with Gasteiger partial charge in [0, 0.05) is 6.42 Å². The molecule has 0 atom stereocenters. The van der Waals surface area contributed by atoms with Crippen LogP contribution in [0.25, 0.3) is 0 Å². The fraction of sp³-hybridized carbons (Fsp3) is 0.800. The summed E-state index contributed by atoms with van der Waals surface area (Å²) in [6.45, 7) is 0. The normalized spacial score (nSPS) is 18.6. The van der Waals surface area contributed by atoms with Crippen molar-refractivity contribution < 1.29 is 4.52 Å². The molecule has 2 rings (SSSR count). The molecule has 0 unspecified atom stereocenters. The predicted octanol–water partition coefficient (Wildman–Crippen LogP) is 2.16. The maximum Gasteiger partial charge on any atom is 0.260 e. The van der Waals surface area contributed by atoms with Gasteiger partial charge in [-0.15, -0.1) is 0 Å². The number of hydrogen-bond donors (Lipinski definition) is 1. The van der Waals surface area contributed by atoms with Crippen molar-refractivity contribution in [2.24, 2.45) is 5.92 Å². The number of aromatic nitrogens is 2. The minimum absolute atomic E-state index is 0.253. The van der Waals surface area contributed by atoms with Crippen LogP contribution in [0.3, 0.4) is 0 Å². The van der Waals surface area contributed by atoms with E-state index < -0.39 is 0 Å².